The van der Waals surface area contributed by atoms with Crippen LogP contribution in [0, 0.1) is 5.92 Å². The molecular weight excluding hydrogens is 272 g/mol. The number of rotatable bonds is 3. The summed E-state index contributed by atoms with van der Waals surface area (Å²) in [5, 5.41) is 14.2. The average molecular weight is 296 g/mol. The van der Waals surface area contributed by atoms with Gasteiger partial charge in [0.1, 0.15) is 5.60 Å². The fourth-order valence-corrected chi connectivity index (χ4v) is 3.52. The second-order valence-corrected chi connectivity index (χ2v) is 6.39. The zero-order valence-corrected chi connectivity index (χ0v) is 12.7. The Morgan fingerprint density at radius 1 is 1.38 bits per heavy atom. The summed E-state index contributed by atoms with van der Waals surface area (Å²) in [6.07, 6.45) is 4.27. The first-order chi connectivity index (χ1) is 10.1. The molecule has 6 nitrogen and oxygen atoms in total. The Hall–Kier alpha value is -0.980. The second kappa shape index (κ2) is 6.02. The number of hydrogen-bond acceptors (Lipinski definition) is 6. The van der Waals surface area contributed by atoms with E-state index in [0.29, 0.717) is 37.3 Å². The van der Waals surface area contributed by atoms with Gasteiger partial charge in [-0.05, 0) is 31.6 Å². The predicted octanol–water partition coefficient (Wildman–Crippen LogP) is 1.99. The third-order valence-electron chi connectivity index (χ3n) is 4.83. The monoisotopic (exact) mass is 296 g/mol. The van der Waals surface area contributed by atoms with Crippen molar-refractivity contribution >= 4 is 0 Å². The van der Waals surface area contributed by atoms with Crippen molar-refractivity contribution in [3.63, 3.8) is 0 Å². The molecule has 0 bridgehead atoms. The summed E-state index contributed by atoms with van der Waals surface area (Å²) < 4.78 is 16.6. The van der Waals surface area contributed by atoms with Crippen molar-refractivity contribution in [2.75, 3.05) is 20.3 Å². The topological polar surface area (TPSA) is 77.6 Å². The molecular formula is C15H24N2O4. The molecule has 2 heterocycles. The Bertz CT molecular complexity index is 478. The molecule has 4 unspecified atom stereocenters. The van der Waals surface area contributed by atoms with Gasteiger partial charge in [0.05, 0.1) is 18.6 Å². The lowest BCUT2D eigenvalue weighted by atomic mass is 9.78. The van der Waals surface area contributed by atoms with Gasteiger partial charge in [-0.2, -0.15) is 4.98 Å². The molecule has 1 N–H and O–H groups in total. The summed E-state index contributed by atoms with van der Waals surface area (Å²) in [5.41, 5.74) is -0.445. The molecule has 1 saturated carbocycles. The van der Waals surface area contributed by atoms with Gasteiger partial charge in [0.2, 0.25) is 11.7 Å². The minimum absolute atomic E-state index is 0.227. The van der Waals surface area contributed by atoms with Crippen LogP contribution >= 0.6 is 0 Å². The van der Waals surface area contributed by atoms with Crippen molar-refractivity contribution in [1.82, 2.24) is 10.1 Å². The van der Waals surface area contributed by atoms with Gasteiger partial charge in [0.15, 0.2) is 0 Å². The molecule has 0 amide bonds. The highest BCUT2D eigenvalue weighted by Gasteiger charge is 2.42. The maximum atomic E-state index is 10.1. The number of aliphatic hydroxyl groups excluding tert-OH is 1. The van der Waals surface area contributed by atoms with Crippen LogP contribution < -0.4 is 0 Å². The number of methoxy groups -OCH3 is 1. The molecule has 21 heavy (non-hydrogen) atoms. The summed E-state index contributed by atoms with van der Waals surface area (Å²) in [4.78, 5) is 4.54. The molecule has 2 aliphatic rings. The largest absolute Gasteiger partial charge is 0.392 e. The lowest BCUT2D eigenvalue weighted by Gasteiger charge is -2.36. The van der Waals surface area contributed by atoms with Gasteiger partial charge >= 0.3 is 0 Å². The van der Waals surface area contributed by atoms with Gasteiger partial charge in [0, 0.05) is 13.7 Å². The lowest BCUT2D eigenvalue weighted by molar-refractivity contribution is -0.0658. The SMILES string of the molecule is COC1(c2noc(C3COCCC3O)n2)CCCC(C)C1. The molecule has 0 aromatic carbocycles. The maximum absolute atomic E-state index is 10.1. The molecule has 1 saturated heterocycles. The summed E-state index contributed by atoms with van der Waals surface area (Å²) in [6, 6.07) is 0. The number of hydrogen-bond donors (Lipinski definition) is 1. The van der Waals surface area contributed by atoms with E-state index in [0.717, 1.165) is 19.3 Å². The van der Waals surface area contributed by atoms with Crippen molar-refractivity contribution in [1.29, 1.82) is 0 Å². The third-order valence-corrected chi connectivity index (χ3v) is 4.83. The first kappa shape index (κ1) is 14.9. The first-order valence-corrected chi connectivity index (χ1v) is 7.79. The van der Waals surface area contributed by atoms with E-state index in [1.807, 2.05) is 0 Å². The molecule has 118 valence electrons. The van der Waals surface area contributed by atoms with Crippen LogP contribution in [0.2, 0.25) is 0 Å². The summed E-state index contributed by atoms with van der Waals surface area (Å²) in [7, 11) is 1.71. The van der Waals surface area contributed by atoms with E-state index in [9.17, 15) is 5.11 Å². The van der Waals surface area contributed by atoms with Gasteiger partial charge in [-0.3, -0.25) is 0 Å². The fraction of sp³-hybridized carbons (Fsp3) is 0.867. The number of ether oxygens (including phenoxy) is 2. The van der Waals surface area contributed by atoms with Crippen LogP contribution in [0.3, 0.4) is 0 Å². The predicted molar refractivity (Wildman–Crippen MR) is 74.8 cm³/mol. The van der Waals surface area contributed by atoms with Crippen LogP contribution in [0.25, 0.3) is 0 Å². The van der Waals surface area contributed by atoms with Crippen LogP contribution in [0.5, 0.6) is 0 Å². The summed E-state index contributed by atoms with van der Waals surface area (Å²) in [5.74, 6) is 1.44. The van der Waals surface area contributed by atoms with Crippen molar-refractivity contribution in [3.05, 3.63) is 11.7 Å². The fourth-order valence-electron chi connectivity index (χ4n) is 3.52. The van der Waals surface area contributed by atoms with Crippen LogP contribution in [0.1, 0.15) is 56.7 Å². The molecule has 4 atom stereocenters. The Labute approximate surface area is 124 Å². The molecule has 1 aliphatic heterocycles. The van der Waals surface area contributed by atoms with E-state index in [1.165, 1.54) is 6.42 Å². The zero-order valence-electron chi connectivity index (χ0n) is 12.7. The summed E-state index contributed by atoms with van der Waals surface area (Å²) >= 11 is 0. The number of aliphatic hydroxyl groups is 1. The molecule has 0 radical (unpaired) electrons. The normalized spacial score (nSPS) is 37.6. The smallest absolute Gasteiger partial charge is 0.234 e. The number of nitrogens with zero attached hydrogens (tertiary/aromatic N) is 2. The van der Waals surface area contributed by atoms with E-state index in [-0.39, 0.29) is 5.92 Å². The highest BCUT2D eigenvalue weighted by molar-refractivity contribution is 5.07. The third kappa shape index (κ3) is 2.84. The molecule has 1 aromatic heterocycles. The van der Waals surface area contributed by atoms with Crippen molar-refractivity contribution < 1.29 is 19.1 Å². The Morgan fingerprint density at radius 3 is 2.95 bits per heavy atom. The first-order valence-electron chi connectivity index (χ1n) is 7.79. The summed E-state index contributed by atoms with van der Waals surface area (Å²) in [6.45, 7) is 3.24. The maximum Gasteiger partial charge on any atom is 0.234 e. The quantitative estimate of drug-likeness (QED) is 0.919. The van der Waals surface area contributed by atoms with Crippen molar-refractivity contribution in [2.24, 2.45) is 5.92 Å². The standard InChI is InChI=1S/C15H24N2O4/c1-10-4-3-6-15(8-10,19-2)14-16-13(21-17-14)11-9-20-7-5-12(11)18/h10-12,18H,3-9H2,1-2H3. The van der Waals surface area contributed by atoms with Gasteiger partial charge < -0.3 is 19.1 Å². The van der Waals surface area contributed by atoms with Crippen molar-refractivity contribution in [2.45, 2.75) is 56.7 Å². The minimum Gasteiger partial charge on any atom is -0.392 e. The molecule has 2 fully saturated rings. The van der Waals surface area contributed by atoms with E-state index < -0.39 is 11.7 Å². The molecule has 6 heteroatoms. The number of aromatic nitrogens is 2. The Morgan fingerprint density at radius 2 is 2.24 bits per heavy atom. The van der Waals surface area contributed by atoms with Crippen LogP contribution in [-0.2, 0) is 15.1 Å². The lowest BCUT2D eigenvalue weighted by Crippen LogP contribution is -2.35. The van der Waals surface area contributed by atoms with Crippen molar-refractivity contribution in [3.8, 4) is 0 Å². The van der Waals surface area contributed by atoms with Gasteiger partial charge in [0.25, 0.3) is 0 Å². The molecule has 1 aromatic rings. The minimum atomic E-state index is -0.476. The van der Waals surface area contributed by atoms with E-state index in [4.69, 9.17) is 14.0 Å². The van der Waals surface area contributed by atoms with Gasteiger partial charge in [-0.15, -0.1) is 0 Å². The van der Waals surface area contributed by atoms with E-state index >= 15 is 0 Å². The van der Waals surface area contributed by atoms with Crippen LogP contribution in [0.4, 0.5) is 0 Å². The highest BCUT2D eigenvalue weighted by Crippen LogP contribution is 2.41. The van der Waals surface area contributed by atoms with Gasteiger partial charge in [-0.1, -0.05) is 18.5 Å². The Kier molecular flexibility index (Phi) is 4.28. The average Bonchev–Trinajstić information content (AvgIpc) is 2.98. The zero-order chi connectivity index (χ0) is 14.9. The second-order valence-electron chi connectivity index (χ2n) is 6.39. The van der Waals surface area contributed by atoms with Gasteiger partial charge in [-0.25, -0.2) is 0 Å². The van der Waals surface area contributed by atoms with Crippen LogP contribution in [-0.4, -0.2) is 41.7 Å². The molecule has 1 aliphatic carbocycles. The molecule has 3 rings (SSSR count). The van der Waals surface area contributed by atoms with E-state index in [1.54, 1.807) is 7.11 Å². The van der Waals surface area contributed by atoms with Crippen LogP contribution in [0.15, 0.2) is 4.52 Å². The van der Waals surface area contributed by atoms with E-state index in [2.05, 4.69) is 17.1 Å². The Balaban J connectivity index is 1.82. The molecule has 0 spiro atoms. The highest BCUT2D eigenvalue weighted by atomic mass is 16.5.